The number of rotatable bonds is 8. The minimum atomic E-state index is -1.32. The zero-order valence-corrected chi connectivity index (χ0v) is 16.5. The summed E-state index contributed by atoms with van der Waals surface area (Å²) in [6, 6.07) is -0.408. The topological polar surface area (TPSA) is 148 Å². The van der Waals surface area contributed by atoms with Gasteiger partial charge in [-0.2, -0.15) is 4.98 Å². The summed E-state index contributed by atoms with van der Waals surface area (Å²) < 4.78 is 22.7. The van der Waals surface area contributed by atoms with E-state index >= 15 is 0 Å². The van der Waals surface area contributed by atoms with Gasteiger partial charge in [-0.1, -0.05) is 6.92 Å². The second kappa shape index (κ2) is 8.90. The highest BCUT2D eigenvalue weighted by atomic mass is 32.2. The minimum absolute atomic E-state index is 0.0529. The van der Waals surface area contributed by atoms with Crippen LogP contribution >= 0.6 is 11.3 Å². The van der Waals surface area contributed by atoms with Crippen molar-refractivity contribution in [2.75, 3.05) is 30.0 Å². The number of ketones is 1. The molecule has 1 amide bonds. The van der Waals surface area contributed by atoms with Gasteiger partial charge in [0.1, 0.15) is 29.5 Å². The first-order valence-corrected chi connectivity index (χ1v) is 10.8. The van der Waals surface area contributed by atoms with Crippen molar-refractivity contribution in [3.05, 3.63) is 22.0 Å². The van der Waals surface area contributed by atoms with Crippen molar-refractivity contribution in [2.24, 2.45) is 0 Å². The van der Waals surface area contributed by atoms with E-state index in [1.807, 2.05) is 0 Å². The maximum absolute atomic E-state index is 12.8. The van der Waals surface area contributed by atoms with Crippen LogP contribution in [0.1, 0.15) is 6.92 Å². The molecule has 0 spiro atoms. The van der Waals surface area contributed by atoms with Gasteiger partial charge in [0.15, 0.2) is 17.2 Å². The number of aromatic nitrogens is 1. The first-order chi connectivity index (χ1) is 13.4. The Morgan fingerprint density at radius 3 is 3.00 bits per heavy atom. The number of fused-ring (bicyclic) bond motifs is 1. The predicted octanol–water partition coefficient (Wildman–Crippen LogP) is -0.756. The second-order valence-corrected chi connectivity index (χ2v) is 8.73. The SMILES string of the molecule is CCS(=O)CC(Nc1nc(=O)oc2ccsc12)C(=O)NC1C(=O)COC1CO. The van der Waals surface area contributed by atoms with Crippen molar-refractivity contribution < 1.29 is 28.1 Å². The van der Waals surface area contributed by atoms with Gasteiger partial charge in [-0.3, -0.25) is 13.8 Å². The largest absolute Gasteiger partial charge is 0.441 e. The quantitative estimate of drug-likeness (QED) is 0.492. The molecule has 0 aromatic carbocycles. The van der Waals surface area contributed by atoms with Crippen LogP contribution in [0.15, 0.2) is 20.7 Å². The van der Waals surface area contributed by atoms with Gasteiger partial charge in [0.2, 0.25) is 5.91 Å². The molecular formula is C16H19N3O7S2. The molecule has 0 bridgehead atoms. The molecule has 4 unspecified atom stereocenters. The monoisotopic (exact) mass is 429 g/mol. The molecule has 3 N–H and O–H groups in total. The third-order valence-electron chi connectivity index (χ3n) is 4.18. The number of nitrogens with one attached hydrogen (secondary N) is 2. The van der Waals surface area contributed by atoms with Crippen LogP contribution in [-0.4, -0.2) is 68.9 Å². The molecule has 152 valence electrons. The van der Waals surface area contributed by atoms with Gasteiger partial charge in [-0.15, -0.1) is 11.3 Å². The molecule has 2 aromatic rings. The molecule has 1 fully saturated rings. The molecule has 1 aliphatic rings. The van der Waals surface area contributed by atoms with Crippen LogP contribution in [0.25, 0.3) is 10.3 Å². The van der Waals surface area contributed by atoms with E-state index < -0.39 is 47.3 Å². The Bertz CT molecular complexity index is 957. The maximum Gasteiger partial charge on any atom is 0.441 e. The number of carbonyl (C=O) groups is 2. The van der Waals surface area contributed by atoms with Gasteiger partial charge in [0.25, 0.3) is 0 Å². The number of nitrogens with zero attached hydrogens (tertiary/aromatic N) is 1. The van der Waals surface area contributed by atoms with E-state index in [0.717, 1.165) is 0 Å². The Hall–Kier alpha value is -2.15. The lowest BCUT2D eigenvalue weighted by atomic mass is 10.1. The predicted molar refractivity (Wildman–Crippen MR) is 103 cm³/mol. The fourth-order valence-corrected chi connectivity index (χ4v) is 4.34. The average Bonchev–Trinajstić information content (AvgIpc) is 3.27. The Kier molecular flexibility index (Phi) is 6.54. The number of amides is 1. The second-order valence-electron chi connectivity index (χ2n) is 6.02. The average molecular weight is 429 g/mol. The molecule has 3 heterocycles. The van der Waals surface area contributed by atoms with Crippen molar-refractivity contribution >= 4 is 49.9 Å². The van der Waals surface area contributed by atoms with Crippen molar-refractivity contribution in [2.45, 2.75) is 25.1 Å². The van der Waals surface area contributed by atoms with E-state index in [2.05, 4.69) is 15.6 Å². The fourth-order valence-electron chi connectivity index (χ4n) is 2.73. The fraction of sp³-hybridized carbons (Fsp3) is 0.500. The summed E-state index contributed by atoms with van der Waals surface area (Å²) in [5, 5.41) is 16.4. The maximum atomic E-state index is 12.8. The van der Waals surface area contributed by atoms with Crippen molar-refractivity contribution in [3.8, 4) is 0 Å². The number of aliphatic hydroxyl groups excluding tert-OH is 1. The van der Waals surface area contributed by atoms with E-state index in [1.54, 1.807) is 18.4 Å². The molecule has 2 aromatic heterocycles. The molecule has 28 heavy (non-hydrogen) atoms. The van der Waals surface area contributed by atoms with Crippen LogP contribution in [-0.2, 0) is 25.1 Å². The van der Waals surface area contributed by atoms with Gasteiger partial charge in [-0.05, 0) is 11.4 Å². The molecule has 4 atom stereocenters. The number of aliphatic hydroxyl groups is 1. The van der Waals surface area contributed by atoms with Crippen LogP contribution in [0, 0.1) is 0 Å². The lowest BCUT2D eigenvalue weighted by Crippen LogP contribution is -2.52. The van der Waals surface area contributed by atoms with Crippen molar-refractivity contribution in [3.63, 3.8) is 0 Å². The number of carbonyl (C=O) groups excluding carboxylic acids is 2. The number of thiophene rings is 1. The molecule has 0 radical (unpaired) electrons. The smallest absolute Gasteiger partial charge is 0.407 e. The first kappa shape index (κ1) is 20.6. The summed E-state index contributed by atoms with van der Waals surface area (Å²) in [7, 11) is -1.32. The van der Waals surface area contributed by atoms with Crippen LogP contribution < -0.4 is 16.4 Å². The normalized spacial score (nSPS) is 21.6. The van der Waals surface area contributed by atoms with E-state index in [1.165, 1.54) is 11.3 Å². The van der Waals surface area contributed by atoms with E-state index in [9.17, 15) is 23.7 Å². The van der Waals surface area contributed by atoms with Gasteiger partial charge < -0.3 is 24.9 Å². The van der Waals surface area contributed by atoms with Crippen molar-refractivity contribution in [1.29, 1.82) is 0 Å². The number of hydrogen-bond donors (Lipinski definition) is 3. The van der Waals surface area contributed by atoms with E-state index in [0.29, 0.717) is 16.0 Å². The van der Waals surface area contributed by atoms with E-state index in [-0.39, 0.29) is 24.0 Å². The van der Waals surface area contributed by atoms with E-state index in [4.69, 9.17) is 9.15 Å². The molecule has 0 aliphatic carbocycles. The number of ether oxygens (including phenoxy) is 1. The molecule has 10 nitrogen and oxygen atoms in total. The third-order valence-corrected chi connectivity index (χ3v) is 6.43. The minimum Gasteiger partial charge on any atom is -0.407 e. The zero-order chi connectivity index (χ0) is 20.3. The molecule has 12 heteroatoms. The Labute approximate surface area is 165 Å². The Morgan fingerprint density at radius 1 is 1.50 bits per heavy atom. The third kappa shape index (κ3) is 4.46. The molecule has 1 aliphatic heterocycles. The Morgan fingerprint density at radius 2 is 2.29 bits per heavy atom. The van der Waals surface area contributed by atoms with Crippen molar-refractivity contribution in [1.82, 2.24) is 10.3 Å². The summed E-state index contributed by atoms with van der Waals surface area (Å²) in [6.45, 7) is 1.09. The zero-order valence-electron chi connectivity index (χ0n) is 14.9. The van der Waals surface area contributed by atoms with Gasteiger partial charge in [0.05, 0.1) is 12.4 Å². The summed E-state index contributed by atoms with van der Waals surface area (Å²) in [4.78, 5) is 40.2. The van der Waals surface area contributed by atoms with Crippen LogP contribution in [0.4, 0.5) is 5.82 Å². The summed E-state index contributed by atoms with van der Waals surface area (Å²) >= 11 is 1.27. The van der Waals surface area contributed by atoms with Crippen LogP contribution in [0.2, 0.25) is 0 Å². The lowest BCUT2D eigenvalue weighted by molar-refractivity contribution is -0.126. The standard InChI is InChI=1S/C16H19N3O7S2/c1-2-28(24)7-8(15(22)18-12-9(21)6-25-11(12)5-20)17-14-13-10(3-4-27-13)26-16(23)19-14/h3-4,8,11-12,20H,2,5-7H2,1H3,(H,18,22)(H,17,19,23). The highest BCUT2D eigenvalue weighted by Gasteiger charge is 2.38. The highest BCUT2D eigenvalue weighted by molar-refractivity contribution is 7.85. The van der Waals surface area contributed by atoms with Gasteiger partial charge in [-0.25, -0.2) is 4.79 Å². The summed E-state index contributed by atoms with van der Waals surface area (Å²) in [6.07, 6.45) is -0.834. The number of Topliss-reactive ketones (excluding diaryl/α,β-unsaturated/α-hetero) is 1. The van der Waals surface area contributed by atoms with Crippen LogP contribution in [0.5, 0.6) is 0 Å². The molecule has 0 saturated carbocycles. The van der Waals surface area contributed by atoms with Gasteiger partial charge in [0, 0.05) is 16.6 Å². The first-order valence-electron chi connectivity index (χ1n) is 8.48. The summed E-state index contributed by atoms with van der Waals surface area (Å²) in [5.41, 5.74) is 0.322. The lowest BCUT2D eigenvalue weighted by Gasteiger charge is -2.22. The molecular weight excluding hydrogens is 410 g/mol. The Balaban J connectivity index is 1.85. The van der Waals surface area contributed by atoms with Crippen LogP contribution in [0.3, 0.4) is 0 Å². The molecule has 1 saturated heterocycles. The number of anilines is 1. The van der Waals surface area contributed by atoms with Gasteiger partial charge >= 0.3 is 5.76 Å². The molecule has 3 rings (SSSR count). The summed E-state index contributed by atoms with van der Waals surface area (Å²) in [5.74, 6) is -1.38. The highest BCUT2D eigenvalue weighted by Crippen LogP contribution is 2.26. The number of hydrogen-bond acceptors (Lipinski definition) is 10.